The summed E-state index contributed by atoms with van der Waals surface area (Å²) < 4.78 is 5.46. The SMILES string of the molecule is COC(c1ccccc1)C(N)c1cnccn1. The number of nitrogens with two attached hydrogens (primary N) is 1. The average Bonchev–Trinajstić information content (AvgIpc) is 2.42. The highest BCUT2D eigenvalue weighted by Crippen LogP contribution is 2.27. The molecule has 17 heavy (non-hydrogen) atoms. The number of ether oxygens (including phenoxy) is 1. The van der Waals surface area contributed by atoms with E-state index in [1.54, 1.807) is 25.7 Å². The molecule has 0 spiro atoms. The normalized spacial score (nSPS) is 14.2. The van der Waals surface area contributed by atoms with Crippen LogP contribution in [0.4, 0.5) is 0 Å². The molecule has 2 atom stereocenters. The molecule has 0 amide bonds. The minimum atomic E-state index is -0.323. The second-order valence-electron chi connectivity index (χ2n) is 3.72. The lowest BCUT2D eigenvalue weighted by Crippen LogP contribution is -2.22. The Hall–Kier alpha value is -1.78. The Kier molecular flexibility index (Phi) is 3.80. The van der Waals surface area contributed by atoms with Crippen molar-refractivity contribution in [2.24, 2.45) is 5.73 Å². The molecule has 0 aliphatic heterocycles. The van der Waals surface area contributed by atoms with Crippen LogP contribution in [0.15, 0.2) is 48.9 Å². The molecule has 4 heteroatoms. The highest BCUT2D eigenvalue weighted by Gasteiger charge is 2.21. The van der Waals surface area contributed by atoms with Crippen molar-refractivity contribution in [1.29, 1.82) is 0 Å². The molecule has 88 valence electrons. The van der Waals surface area contributed by atoms with Gasteiger partial charge in [0.15, 0.2) is 0 Å². The summed E-state index contributed by atoms with van der Waals surface area (Å²) in [5, 5.41) is 0. The van der Waals surface area contributed by atoms with E-state index in [0.29, 0.717) is 0 Å². The fraction of sp³-hybridized carbons (Fsp3) is 0.231. The summed E-state index contributed by atoms with van der Waals surface area (Å²) in [6.45, 7) is 0. The maximum absolute atomic E-state index is 6.15. The third-order valence-electron chi connectivity index (χ3n) is 2.63. The predicted molar refractivity (Wildman–Crippen MR) is 65.2 cm³/mol. The first-order chi connectivity index (χ1) is 8.33. The van der Waals surface area contributed by atoms with E-state index in [0.717, 1.165) is 11.3 Å². The van der Waals surface area contributed by atoms with Crippen molar-refractivity contribution in [2.75, 3.05) is 7.11 Å². The molecular formula is C13H15N3O. The molecule has 1 aromatic carbocycles. The van der Waals surface area contributed by atoms with E-state index in [-0.39, 0.29) is 12.1 Å². The van der Waals surface area contributed by atoms with E-state index in [2.05, 4.69) is 9.97 Å². The summed E-state index contributed by atoms with van der Waals surface area (Å²) in [6.07, 6.45) is 4.71. The van der Waals surface area contributed by atoms with Crippen molar-refractivity contribution in [3.8, 4) is 0 Å². The fourth-order valence-corrected chi connectivity index (χ4v) is 1.77. The van der Waals surface area contributed by atoms with Gasteiger partial charge in [0.25, 0.3) is 0 Å². The summed E-state index contributed by atoms with van der Waals surface area (Å²) in [4.78, 5) is 8.22. The molecule has 0 fully saturated rings. The third kappa shape index (κ3) is 2.67. The van der Waals surface area contributed by atoms with Gasteiger partial charge in [0.1, 0.15) is 6.10 Å². The van der Waals surface area contributed by atoms with E-state index in [1.807, 2.05) is 30.3 Å². The molecule has 0 saturated heterocycles. The lowest BCUT2D eigenvalue weighted by Gasteiger charge is -2.22. The number of methoxy groups -OCH3 is 1. The van der Waals surface area contributed by atoms with Crippen LogP contribution in [-0.2, 0) is 4.74 Å². The van der Waals surface area contributed by atoms with Gasteiger partial charge in [-0.3, -0.25) is 9.97 Å². The summed E-state index contributed by atoms with van der Waals surface area (Å²) in [5.41, 5.74) is 7.91. The largest absolute Gasteiger partial charge is 0.375 e. The van der Waals surface area contributed by atoms with Gasteiger partial charge in [0, 0.05) is 19.5 Å². The van der Waals surface area contributed by atoms with Gasteiger partial charge < -0.3 is 10.5 Å². The highest BCUT2D eigenvalue weighted by atomic mass is 16.5. The lowest BCUT2D eigenvalue weighted by molar-refractivity contribution is 0.0789. The van der Waals surface area contributed by atoms with Crippen LogP contribution in [0, 0.1) is 0 Å². The molecule has 0 bridgehead atoms. The monoisotopic (exact) mass is 229 g/mol. The smallest absolute Gasteiger partial charge is 0.103 e. The summed E-state index contributed by atoms with van der Waals surface area (Å²) in [5.74, 6) is 0. The van der Waals surface area contributed by atoms with Crippen LogP contribution in [-0.4, -0.2) is 17.1 Å². The average molecular weight is 229 g/mol. The fourth-order valence-electron chi connectivity index (χ4n) is 1.77. The Morgan fingerprint density at radius 1 is 1.18 bits per heavy atom. The number of rotatable bonds is 4. The number of hydrogen-bond acceptors (Lipinski definition) is 4. The van der Waals surface area contributed by atoms with Crippen molar-refractivity contribution in [1.82, 2.24) is 9.97 Å². The van der Waals surface area contributed by atoms with E-state index in [4.69, 9.17) is 10.5 Å². The zero-order valence-electron chi connectivity index (χ0n) is 9.65. The summed E-state index contributed by atoms with van der Waals surface area (Å²) in [6, 6.07) is 9.55. The Labute approximate surface area is 100 Å². The molecule has 2 rings (SSSR count). The molecule has 1 aromatic heterocycles. The van der Waals surface area contributed by atoms with Crippen LogP contribution in [0.3, 0.4) is 0 Å². The van der Waals surface area contributed by atoms with Gasteiger partial charge in [0.2, 0.25) is 0 Å². The molecule has 0 radical (unpaired) electrons. The van der Waals surface area contributed by atoms with Crippen molar-refractivity contribution >= 4 is 0 Å². The maximum Gasteiger partial charge on any atom is 0.103 e. The van der Waals surface area contributed by atoms with Crippen LogP contribution in [0.25, 0.3) is 0 Å². The Morgan fingerprint density at radius 3 is 2.53 bits per heavy atom. The van der Waals surface area contributed by atoms with Gasteiger partial charge in [0.05, 0.1) is 17.9 Å². The minimum Gasteiger partial charge on any atom is -0.375 e. The predicted octanol–water partition coefficient (Wildman–Crippen LogP) is 1.86. The zero-order chi connectivity index (χ0) is 12.1. The van der Waals surface area contributed by atoms with Crippen LogP contribution < -0.4 is 5.73 Å². The molecule has 2 aromatic rings. The van der Waals surface area contributed by atoms with E-state index in [1.165, 1.54) is 0 Å². The molecule has 1 heterocycles. The number of nitrogens with zero attached hydrogens (tertiary/aromatic N) is 2. The summed E-state index contributed by atoms with van der Waals surface area (Å²) >= 11 is 0. The zero-order valence-corrected chi connectivity index (χ0v) is 9.65. The molecule has 0 aliphatic carbocycles. The van der Waals surface area contributed by atoms with Gasteiger partial charge in [-0.25, -0.2) is 0 Å². The topological polar surface area (TPSA) is 61.0 Å². The number of aromatic nitrogens is 2. The molecule has 0 aliphatic rings. The van der Waals surface area contributed by atoms with Crippen molar-refractivity contribution in [2.45, 2.75) is 12.1 Å². The van der Waals surface area contributed by atoms with Crippen molar-refractivity contribution in [3.05, 3.63) is 60.2 Å². The van der Waals surface area contributed by atoms with E-state index in [9.17, 15) is 0 Å². The number of benzene rings is 1. The minimum absolute atomic E-state index is 0.215. The van der Waals surface area contributed by atoms with Gasteiger partial charge in [-0.1, -0.05) is 30.3 Å². The van der Waals surface area contributed by atoms with Crippen LogP contribution in [0.5, 0.6) is 0 Å². The Morgan fingerprint density at radius 2 is 1.94 bits per heavy atom. The van der Waals surface area contributed by atoms with Crippen molar-refractivity contribution in [3.63, 3.8) is 0 Å². The lowest BCUT2D eigenvalue weighted by atomic mass is 10.0. The van der Waals surface area contributed by atoms with Gasteiger partial charge >= 0.3 is 0 Å². The van der Waals surface area contributed by atoms with E-state index < -0.39 is 0 Å². The molecule has 2 N–H and O–H groups in total. The molecule has 4 nitrogen and oxygen atoms in total. The summed E-state index contributed by atoms with van der Waals surface area (Å²) in [7, 11) is 1.65. The Bertz CT molecular complexity index is 447. The molecular weight excluding hydrogens is 214 g/mol. The van der Waals surface area contributed by atoms with Crippen molar-refractivity contribution < 1.29 is 4.74 Å². The van der Waals surface area contributed by atoms with Crippen LogP contribution in [0.2, 0.25) is 0 Å². The number of hydrogen-bond donors (Lipinski definition) is 1. The highest BCUT2D eigenvalue weighted by molar-refractivity contribution is 5.21. The maximum atomic E-state index is 6.15. The first kappa shape index (κ1) is 11.7. The second-order valence-corrected chi connectivity index (χ2v) is 3.72. The van der Waals surface area contributed by atoms with Crippen LogP contribution >= 0.6 is 0 Å². The van der Waals surface area contributed by atoms with Gasteiger partial charge in [-0.2, -0.15) is 0 Å². The van der Waals surface area contributed by atoms with Gasteiger partial charge in [-0.15, -0.1) is 0 Å². The van der Waals surface area contributed by atoms with Crippen LogP contribution in [0.1, 0.15) is 23.4 Å². The Balaban J connectivity index is 2.25. The third-order valence-corrected chi connectivity index (χ3v) is 2.63. The van der Waals surface area contributed by atoms with E-state index >= 15 is 0 Å². The standard InChI is InChI=1S/C13H15N3O/c1-17-13(10-5-3-2-4-6-10)12(14)11-9-15-7-8-16-11/h2-9,12-13H,14H2,1H3. The first-order valence-electron chi connectivity index (χ1n) is 5.42. The first-order valence-corrected chi connectivity index (χ1v) is 5.42. The van der Waals surface area contributed by atoms with Gasteiger partial charge in [-0.05, 0) is 5.56 Å². The molecule has 0 saturated carbocycles. The quantitative estimate of drug-likeness (QED) is 0.869. The molecule has 2 unspecified atom stereocenters. The second kappa shape index (κ2) is 5.52.